The van der Waals surface area contributed by atoms with E-state index >= 15 is 0 Å². The van der Waals surface area contributed by atoms with Crippen LogP contribution < -0.4 is 0 Å². The van der Waals surface area contributed by atoms with Gasteiger partial charge in [-0.3, -0.25) is 4.90 Å². The highest BCUT2D eigenvalue weighted by Gasteiger charge is 2.40. The van der Waals surface area contributed by atoms with Crippen molar-refractivity contribution < 1.29 is 9.84 Å². The van der Waals surface area contributed by atoms with Gasteiger partial charge in [0.05, 0.1) is 6.61 Å². The van der Waals surface area contributed by atoms with Crippen molar-refractivity contribution in [3.63, 3.8) is 0 Å². The highest BCUT2D eigenvalue weighted by molar-refractivity contribution is 5.19. The summed E-state index contributed by atoms with van der Waals surface area (Å²) in [7, 11) is 0. The molecule has 1 atom stereocenters. The number of aliphatic hydroxyl groups is 1. The zero-order valence-corrected chi connectivity index (χ0v) is 10.6. The Morgan fingerprint density at radius 1 is 1.35 bits per heavy atom. The number of aliphatic hydroxyl groups excluding tert-OH is 1. The molecule has 0 saturated carbocycles. The van der Waals surface area contributed by atoms with Crippen LogP contribution in [0.2, 0.25) is 0 Å². The quantitative estimate of drug-likeness (QED) is 0.868. The Hall–Kier alpha value is -0.900. The number of ether oxygens (including phenoxy) is 1. The first-order chi connectivity index (χ1) is 8.15. The minimum atomic E-state index is 0.0257. The Morgan fingerprint density at radius 3 is 2.71 bits per heavy atom. The first-order valence-electron chi connectivity index (χ1n) is 6.19. The molecule has 1 aliphatic rings. The first-order valence-corrected chi connectivity index (χ1v) is 6.19. The Bertz CT molecular complexity index is 350. The molecule has 17 heavy (non-hydrogen) atoms. The lowest BCUT2D eigenvalue weighted by Gasteiger charge is -2.33. The molecule has 1 unspecified atom stereocenters. The van der Waals surface area contributed by atoms with E-state index in [2.05, 4.69) is 30.9 Å². The Balaban J connectivity index is 2.16. The van der Waals surface area contributed by atoms with E-state index in [0.717, 1.165) is 19.6 Å². The molecule has 3 heteroatoms. The Morgan fingerprint density at radius 2 is 2.06 bits per heavy atom. The number of hydrogen-bond acceptors (Lipinski definition) is 3. The molecule has 0 spiro atoms. The molecule has 1 aromatic rings. The zero-order chi connectivity index (χ0) is 12.3. The maximum absolute atomic E-state index is 8.99. The zero-order valence-electron chi connectivity index (χ0n) is 10.6. The summed E-state index contributed by atoms with van der Waals surface area (Å²) in [5.41, 5.74) is 1.23. The van der Waals surface area contributed by atoms with Gasteiger partial charge in [0.15, 0.2) is 0 Å². The first kappa shape index (κ1) is 12.6. The summed E-state index contributed by atoms with van der Waals surface area (Å²) in [5, 5.41) is 8.99. The van der Waals surface area contributed by atoms with Gasteiger partial charge in [0.25, 0.3) is 0 Å². The van der Waals surface area contributed by atoms with Crippen LogP contribution >= 0.6 is 0 Å². The molecule has 1 aromatic carbocycles. The molecule has 3 nitrogen and oxygen atoms in total. The van der Waals surface area contributed by atoms with E-state index in [9.17, 15) is 0 Å². The number of benzene rings is 1. The summed E-state index contributed by atoms with van der Waals surface area (Å²) in [4.78, 5) is 2.33. The lowest BCUT2D eigenvalue weighted by Crippen LogP contribution is -2.42. The summed E-state index contributed by atoms with van der Waals surface area (Å²) in [6, 6.07) is 10.3. The van der Waals surface area contributed by atoms with Gasteiger partial charge in [-0.25, -0.2) is 0 Å². The highest BCUT2D eigenvalue weighted by Crippen LogP contribution is 2.36. The Labute approximate surface area is 103 Å². The summed E-state index contributed by atoms with van der Waals surface area (Å²) >= 11 is 0. The predicted octanol–water partition coefficient (Wildman–Crippen LogP) is 2.18. The third-order valence-corrected chi connectivity index (χ3v) is 3.30. The summed E-state index contributed by atoms with van der Waals surface area (Å²) < 4.78 is 5.91. The third-order valence-electron chi connectivity index (χ3n) is 3.30. The predicted molar refractivity (Wildman–Crippen MR) is 67.6 cm³/mol. The minimum Gasteiger partial charge on any atom is -0.396 e. The highest BCUT2D eigenvalue weighted by atomic mass is 16.5. The average molecular weight is 235 g/mol. The topological polar surface area (TPSA) is 32.7 Å². The maximum atomic E-state index is 8.99. The van der Waals surface area contributed by atoms with E-state index in [-0.39, 0.29) is 18.4 Å². The summed E-state index contributed by atoms with van der Waals surface area (Å²) in [5.74, 6) is 0. The van der Waals surface area contributed by atoms with Gasteiger partial charge in [-0.2, -0.15) is 0 Å². The Kier molecular flexibility index (Phi) is 3.82. The second-order valence-corrected chi connectivity index (χ2v) is 5.16. The fourth-order valence-corrected chi connectivity index (χ4v) is 2.33. The SMILES string of the molecule is CC1(C)COC(c2ccccc2)N1CCCO. The largest absolute Gasteiger partial charge is 0.396 e. The van der Waals surface area contributed by atoms with Gasteiger partial charge in [-0.1, -0.05) is 30.3 Å². The number of rotatable bonds is 4. The molecule has 94 valence electrons. The second-order valence-electron chi connectivity index (χ2n) is 5.16. The second kappa shape index (κ2) is 5.17. The van der Waals surface area contributed by atoms with Gasteiger partial charge in [-0.15, -0.1) is 0 Å². The molecule has 2 rings (SSSR count). The smallest absolute Gasteiger partial charge is 0.137 e. The molecule has 0 aromatic heterocycles. The molecule has 1 fully saturated rings. The molecule has 1 saturated heterocycles. The van der Waals surface area contributed by atoms with Crippen molar-refractivity contribution in [1.29, 1.82) is 0 Å². The molecule has 0 radical (unpaired) electrons. The van der Waals surface area contributed by atoms with Crippen LogP contribution in [-0.2, 0) is 4.74 Å². The van der Waals surface area contributed by atoms with Crippen molar-refractivity contribution in [2.75, 3.05) is 19.8 Å². The van der Waals surface area contributed by atoms with Crippen molar-refractivity contribution >= 4 is 0 Å². The molecule has 1 heterocycles. The van der Waals surface area contributed by atoms with Gasteiger partial charge < -0.3 is 9.84 Å². The van der Waals surface area contributed by atoms with Crippen LogP contribution in [0.1, 0.15) is 32.1 Å². The monoisotopic (exact) mass is 235 g/mol. The van der Waals surface area contributed by atoms with E-state index in [1.807, 2.05) is 18.2 Å². The lowest BCUT2D eigenvalue weighted by molar-refractivity contribution is 0.0203. The van der Waals surface area contributed by atoms with Crippen LogP contribution in [-0.4, -0.2) is 35.3 Å². The van der Waals surface area contributed by atoms with E-state index in [4.69, 9.17) is 9.84 Å². The summed E-state index contributed by atoms with van der Waals surface area (Å²) in [6.07, 6.45) is 0.814. The minimum absolute atomic E-state index is 0.0257. The van der Waals surface area contributed by atoms with Gasteiger partial charge in [0.2, 0.25) is 0 Å². The molecular weight excluding hydrogens is 214 g/mol. The van der Waals surface area contributed by atoms with Gasteiger partial charge in [0.1, 0.15) is 6.23 Å². The standard InChI is InChI=1S/C14H21NO2/c1-14(2)11-17-13(15(14)9-6-10-16)12-7-4-3-5-8-12/h3-5,7-8,13,16H,6,9-11H2,1-2H3. The number of hydrogen-bond donors (Lipinski definition) is 1. The van der Waals surface area contributed by atoms with E-state index in [1.165, 1.54) is 5.56 Å². The van der Waals surface area contributed by atoms with Crippen LogP contribution in [0.15, 0.2) is 30.3 Å². The van der Waals surface area contributed by atoms with Crippen LogP contribution in [0.5, 0.6) is 0 Å². The van der Waals surface area contributed by atoms with Crippen molar-refractivity contribution in [2.24, 2.45) is 0 Å². The van der Waals surface area contributed by atoms with Crippen molar-refractivity contribution in [3.05, 3.63) is 35.9 Å². The van der Waals surface area contributed by atoms with Gasteiger partial charge in [-0.05, 0) is 25.8 Å². The lowest BCUT2D eigenvalue weighted by atomic mass is 10.0. The maximum Gasteiger partial charge on any atom is 0.137 e. The van der Waals surface area contributed by atoms with Crippen LogP contribution in [0.3, 0.4) is 0 Å². The molecule has 1 N–H and O–H groups in total. The molecule has 0 bridgehead atoms. The van der Waals surface area contributed by atoms with Crippen LogP contribution in [0.4, 0.5) is 0 Å². The summed E-state index contributed by atoms with van der Waals surface area (Å²) in [6.45, 7) is 6.20. The van der Waals surface area contributed by atoms with E-state index in [0.29, 0.717) is 0 Å². The van der Waals surface area contributed by atoms with Crippen molar-refractivity contribution in [1.82, 2.24) is 4.90 Å². The van der Waals surface area contributed by atoms with Gasteiger partial charge >= 0.3 is 0 Å². The van der Waals surface area contributed by atoms with Gasteiger partial charge in [0, 0.05) is 18.7 Å². The van der Waals surface area contributed by atoms with E-state index < -0.39 is 0 Å². The third kappa shape index (κ3) is 2.68. The number of nitrogens with zero attached hydrogens (tertiary/aromatic N) is 1. The van der Waals surface area contributed by atoms with Crippen LogP contribution in [0, 0.1) is 0 Å². The molecule has 0 aliphatic carbocycles. The van der Waals surface area contributed by atoms with E-state index in [1.54, 1.807) is 0 Å². The van der Waals surface area contributed by atoms with Crippen LogP contribution in [0.25, 0.3) is 0 Å². The fraction of sp³-hybridized carbons (Fsp3) is 0.571. The van der Waals surface area contributed by atoms with Crippen molar-refractivity contribution in [3.8, 4) is 0 Å². The molecule has 0 amide bonds. The van der Waals surface area contributed by atoms with Crippen molar-refractivity contribution in [2.45, 2.75) is 32.0 Å². The average Bonchev–Trinajstić information content (AvgIpc) is 2.63. The molecular formula is C14H21NO2. The normalized spacial score (nSPS) is 24.1. The fourth-order valence-electron chi connectivity index (χ4n) is 2.33. The molecule has 1 aliphatic heterocycles.